The molecule has 3 N–H and O–H groups in total. The Kier molecular flexibility index (Phi) is 3.91. The highest BCUT2D eigenvalue weighted by atomic mass is 16.1. The van der Waals surface area contributed by atoms with Gasteiger partial charge in [-0.15, -0.1) is 0 Å². The molecule has 4 nitrogen and oxygen atoms in total. The first-order valence-corrected chi connectivity index (χ1v) is 5.78. The number of aryl methyl sites for hydroxylation is 1. The van der Waals surface area contributed by atoms with E-state index in [1.54, 1.807) is 24.5 Å². The predicted octanol–water partition coefficient (Wildman–Crippen LogP) is 2.24. The van der Waals surface area contributed by atoms with Crippen molar-refractivity contribution in [1.82, 2.24) is 4.98 Å². The van der Waals surface area contributed by atoms with Crippen molar-refractivity contribution < 1.29 is 4.79 Å². The second-order valence-corrected chi connectivity index (χ2v) is 4.03. The highest BCUT2D eigenvalue weighted by Gasteiger charge is 2.03. The maximum atomic E-state index is 11.7. The van der Waals surface area contributed by atoms with Crippen LogP contribution in [0, 0.1) is 0 Å². The van der Waals surface area contributed by atoms with E-state index >= 15 is 0 Å². The minimum atomic E-state index is -0.0237. The first kappa shape index (κ1) is 12.1. The maximum Gasteiger partial charge on any atom is 0.224 e. The van der Waals surface area contributed by atoms with Gasteiger partial charge in [0.25, 0.3) is 0 Å². The van der Waals surface area contributed by atoms with Gasteiger partial charge >= 0.3 is 0 Å². The van der Waals surface area contributed by atoms with E-state index in [4.69, 9.17) is 5.73 Å². The number of hydrogen-bond donors (Lipinski definition) is 2. The van der Waals surface area contributed by atoms with Gasteiger partial charge in [-0.25, -0.2) is 0 Å². The lowest BCUT2D eigenvalue weighted by Crippen LogP contribution is -2.12. The van der Waals surface area contributed by atoms with Gasteiger partial charge < -0.3 is 11.1 Å². The van der Waals surface area contributed by atoms with Crippen LogP contribution in [0.3, 0.4) is 0 Å². The number of amides is 1. The third kappa shape index (κ3) is 3.59. The fourth-order valence-corrected chi connectivity index (χ4v) is 1.64. The third-order valence-corrected chi connectivity index (χ3v) is 2.53. The molecular formula is C14H15N3O. The summed E-state index contributed by atoms with van der Waals surface area (Å²) in [5.74, 6) is -0.0237. The normalized spacial score (nSPS) is 10.0. The predicted molar refractivity (Wildman–Crippen MR) is 72.0 cm³/mol. The van der Waals surface area contributed by atoms with Gasteiger partial charge in [0.1, 0.15) is 0 Å². The van der Waals surface area contributed by atoms with Crippen molar-refractivity contribution in [3.8, 4) is 0 Å². The molecule has 0 saturated heterocycles. The zero-order valence-corrected chi connectivity index (χ0v) is 9.97. The molecule has 0 unspecified atom stereocenters. The second kappa shape index (κ2) is 5.82. The Morgan fingerprint density at radius 1 is 1.28 bits per heavy atom. The van der Waals surface area contributed by atoms with Crippen LogP contribution in [0.25, 0.3) is 0 Å². The van der Waals surface area contributed by atoms with Crippen molar-refractivity contribution in [2.75, 3.05) is 11.1 Å². The van der Waals surface area contributed by atoms with Crippen LogP contribution in [0.15, 0.2) is 48.8 Å². The van der Waals surface area contributed by atoms with E-state index in [0.29, 0.717) is 18.5 Å². The summed E-state index contributed by atoms with van der Waals surface area (Å²) in [5.41, 5.74) is 8.06. The Bertz CT molecular complexity index is 526. The Balaban J connectivity index is 1.86. The minimum Gasteiger partial charge on any atom is -0.399 e. The van der Waals surface area contributed by atoms with Gasteiger partial charge in [0.2, 0.25) is 5.91 Å². The fourth-order valence-electron chi connectivity index (χ4n) is 1.64. The molecule has 0 radical (unpaired) electrons. The van der Waals surface area contributed by atoms with Gasteiger partial charge in [-0.2, -0.15) is 0 Å². The molecule has 0 aliphatic rings. The number of rotatable bonds is 4. The molecule has 0 spiro atoms. The van der Waals surface area contributed by atoms with Crippen molar-refractivity contribution in [3.05, 3.63) is 54.4 Å². The lowest BCUT2D eigenvalue weighted by molar-refractivity contribution is -0.116. The number of hydrogen-bond acceptors (Lipinski definition) is 3. The van der Waals surface area contributed by atoms with Crippen LogP contribution >= 0.6 is 0 Å². The van der Waals surface area contributed by atoms with Gasteiger partial charge in [0.15, 0.2) is 0 Å². The van der Waals surface area contributed by atoms with Gasteiger partial charge in [0.05, 0.1) is 0 Å². The van der Waals surface area contributed by atoms with E-state index in [1.165, 1.54) is 0 Å². The number of anilines is 2. The molecule has 0 aliphatic carbocycles. The number of carbonyl (C=O) groups is 1. The smallest absolute Gasteiger partial charge is 0.224 e. The largest absolute Gasteiger partial charge is 0.399 e. The third-order valence-electron chi connectivity index (χ3n) is 2.53. The summed E-state index contributed by atoms with van der Waals surface area (Å²) < 4.78 is 0. The van der Waals surface area contributed by atoms with Crippen LogP contribution in [-0.2, 0) is 11.2 Å². The molecule has 1 heterocycles. The molecular weight excluding hydrogens is 226 g/mol. The highest BCUT2D eigenvalue weighted by Crippen LogP contribution is 2.12. The molecule has 2 rings (SSSR count). The molecule has 0 aliphatic heterocycles. The van der Waals surface area contributed by atoms with E-state index in [1.807, 2.05) is 24.3 Å². The summed E-state index contributed by atoms with van der Waals surface area (Å²) in [6.07, 6.45) is 4.60. The van der Waals surface area contributed by atoms with E-state index in [2.05, 4.69) is 10.3 Å². The summed E-state index contributed by atoms with van der Waals surface area (Å²) in [4.78, 5) is 15.7. The molecule has 4 heteroatoms. The minimum absolute atomic E-state index is 0.0237. The fraction of sp³-hybridized carbons (Fsp3) is 0.143. The number of nitrogen functional groups attached to an aromatic ring is 1. The lowest BCUT2D eigenvalue weighted by atomic mass is 10.1. The molecule has 0 atom stereocenters. The quantitative estimate of drug-likeness (QED) is 0.806. The average Bonchev–Trinajstić information content (AvgIpc) is 2.38. The van der Waals surface area contributed by atoms with Crippen molar-refractivity contribution in [2.24, 2.45) is 0 Å². The Morgan fingerprint density at radius 3 is 2.89 bits per heavy atom. The monoisotopic (exact) mass is 241 g/mol. The SMILES string of the molecule is Nc1cccc(NC(=O)CCc2cccnc2)c1. The summed E-state index contributed by atoms with van der Waals surface area (Å²) in [5, 5.41) is 2.81. The van der Waals surface area contributed by atoms with E-state index in [0.717, 1.165) is 11.3 Å². The summed E-state index contributed by atoms with van der Waals surface area (Å²) in [7, 11) is 0. The molecule has 0 saturated carbocycles. The number of nitrogens with one attached hydrogen (secondary N) is 1. The standard InChI is InChI=1S/C14H15N3O/c15-12-4-1-5-13(9-12)17-14(18)7-6-11-3-2-8-16-10-11/h1-5,8-10H,6-7,15H2,(H,17,18). The van der Waals surface area contributed by atoms with E-state index in [9.17, 15) is 4.79 Å². The number of nitrogens with two attached hydrogens (primary N) is 1. The van der Waals surface area contributed by atoms with E-state index in [-0.39, 0.29) is 5.91 Å². The second-order valence-electron chi connectivity index (χ2n) is 4.03. The summed E-state index contributed by atoms with van der Waals surface area (Å²) >= 11 is 0. The zero-order chi connectivity index (χ0) is 12.8. The van der Waals surface area contributed by atoms with Gasteiger partial charge in [-0.05, 0) is 36.2 Å². The van der Waals surface area contributed by atoms with Gasteiger partial charge in [0, 0.05) is 30.2 Å². The van der Waals surface area contributed by atoms with Crippen LogP contribution < -0.4 is 11.1 Å². The first-order chi connectivity index (χ1) is 8.74. The van der Waals surface area contributed by atoms with Crippen molar-refractivity contribution in [2.45, 2.75) is 12.8 Å². The lowest BCUT2D eigenvalue weighted by Gasteiger charge is -2.05. The highest BCUT2D eigenvalue weighted by molar-refractivity contribution is 5.91. The molecule has 18 heavy (non-hydrogen) atoms. The van der Waals surface area contributed by atoms with Gasteiger partial charge in [-0.3, -0.25) is 9.78 Å². The van der Waals surface area contributed by atoms with Crippen molar-refractivity contribution in [3.63, 3.8) is 0 Å². The topological polar surface area (TPSA) is 68.0 Å². The summed E-state index contributed by atoms with van der Waals surface area (Å²) in [6, 6.07) is 11.0. The Labute approximate surface area is 106 Å². The van der Waals surface area contributed by atoms with Crippen LogP contribution in [0.1, 0.15) is 12.0 Å². The molecule has 0 fully saturated rings. The molecule has 1 aromatic carbocycles. The number of nitrogens with zero attached hydrogens (tertiary/aromatic N) is 1. The number of pyridine rings is 1. The average molecular weight is 241 g/mol. The Hall–Kier alpha value is -2.36. The molecule has 1 amide bonds. The van der Waals surface area contributed by atoms with Crippen LogP contribution in [0.2, 0.25) is 0 Å². The maximum absolute atomic E-state index is 11.7. The van der Waals surface area contributed by atoms with Gasteiger partial charge in [-0.1, -0.05) is 12.1 Å². The van der Waals surface area contributed by atoms with Crippen molar-refractivity contribution in [1.29, 1.82) is 0 Å². The van der Waals surface area contributed by atoms with E-state index < -0.39 is 0 Å². The van der Waals surface area contributed by atoms with Crippen LogP contribution in [-0.4, -0.2) is 10.9 Å². The van der Waals surface area contributed by atoms with Crippen LogP contribution in [0.4, 0.5) is 11.4 Å². The summed E-state index contributed by atoms with van der Waals surface area (Å²) in [6.45, 7) is 0. The molecule has 2 aromatic rings. The van der Waals surface area contributed by atoms with Crippen LogP contribution in [0.5, 0.6) is 0 Å². The number of carbonyl (C=O) groups excluding carboxylic acids is 1. The molecule has 92 valence electrons. The van der Waals surface area contributed by atoms with Crippen molar-refractivity contribution >= 4 is 17.3 Å². The number of aromatic nitrogens is 1. The molecule has 0 bridgehead atoms. The number of benzene rings is 1. The Morgan fingerprint density at radius 2 is 2.17 bits per heavy atom. The zero-order valence-electron chi connectivity index (χ0n) is 9.97. The molecule has 1 aromatic heterocycles. The first-order valence-electron chi connectivity index (χ1n) is 5.78.